The van der Waals surface area contributed by atoms with Crippen molar-refractivity contribution in [1.82, 2.24) is 4.90 Å². The molecule has 4 aromatic rings. The topological polar surface area (TPSA) is 44.8 Å². The Kier molecular flexibility index (Phi) is 6.79. The summed E-state index contributed by atoms with van der Waals surface area (Å²) in [6.07, 6.45) is 1.90. The van der Waals surface area contributed by atoms with Gasteiger partial charge < -0.3 is 10.1 Å². The molecule has 0 bridgehead atoms. The average Bonchev–Trinajstić information content (AvgIpc) is 3.25. The summed E-state index contributed by atoms with van der Waals surface area (Å²) in [7, 11) is 0. The summed E-state index contributed by atoms with van der Waals surface area (Å²) in [6, 6.07) is 30.2. The zero-order valence-corrected chi connectivity index (χ0v) is 22.1. The number of para-hydroxylation sites is 1. The van der Waals surface area contributed by atoms with Crippen molar-refractivity contribution in [2.75, 3.05) is 29.9 Å². The zero-order valence-electron chi connectivity index (χ0n) is 22.1. The summed E-state index contributed by atoms with van der Waals surface area (Å²) in [5, 5.41) is 3.08. The molecule has 1 fully saturated rings. The van der Waals surface area contributed by atoms with Gasteiger partial charge in [-0.05, 0) is 98.6 Å². The number of fused-ring (bicyclic) bond motifs is 2. The maximum absolute atomic E-state index is 13.7. The van der Waals surface area contributed by atoms with Crippen molar-refractivity contribution in [3.05, 3.63) is 120 Å². The van der Waals surface area contributed by atoms with Crippen LogP contribution in [0, 0.1) is 12.7 Å². The molecule has 5 nitrogen and oxygen atoms in total. The van der Waals surface area contributed by atoms with Gasteiger partial charge in [0.05, 0.1) is 0 Å². The van der Waals surface area contributed by atoms with Crippen molar-refractivity contribution < 1.29 is 13.9 Å². The number of nitrogens with one attached hydrogen (secondary N) is 1. The molecule has 4 aromatic carbocycles. The highest BCUT2D eigenvalue weighted by Crippen LogP contribution is 2.47. The molecule has 1 saturated heterocycles. The Morgan fingerprint density at radius 1 is 0.897 bits per heavy atom. The molecule has 0 aliphatic carbocycles. The summed E-state index contributed by atoms with van der Waals surface area (Å²) in [4.78, 5) is 17.8. The molecule has 0 aromatic heterocycles. The molecule has 6 heteroatoms. The number of carbonyl (C=O) groups excluding carboxylic acids is 1. The highest BCUT2D eigenvalue weighted by molar-refractivity contribution is 6.03. The van der Waals surface area contributed by atoms with Gasteiger partial charge in [-0.15, -0.1) is 0 Å². The van der Waals surface area contributed by atoms with E-state index in [9.17, 15) is 9.18 Å². The molecule has 0 unspecified atom stereocenters. The highest BCUT2D eigenvalue weighted by Gasteiger charge is 2.46. The van der Waals surface area contributed by atoms with Gasteiger partial charge in [0.2, 0.25) is 0 Å². The number of likely N-dealkylation sites (tertiary alicyclic amines) is 1. The van der Waals surface area contributed by atoms with Crippen LogP contribution >= 0.6 is 0 Å². The van der Waals surface area contributed by atoms with E-state index in [0.29, 0.717) is 12.3 Å². The number of hydrogen-bond donors (Lipinski definition) is 1. The predicted octanol–water partition coefficient (Wildman–Crippen LogP) is 7.51. The lowest BCUT2D eigenvalue weighted by Crippen LogP contribution is -2.46. The quantitative estimate of drug-likeness (QED) is 0.296. The molecule has 2 amide bonds. The SMILES string of the molecule is Cc1ccc2c(c1)C1(CCN(Cc3cccc(F)c3)CC1)CN2C(=O)Nc1ccc(Oc2ccccc2)cc1. The van der Waals surface area contributed by atoms with Crippen molar-refractivity contribution in [2.24, 2.45) is 0 Å². The van der Waals surface area contributed by atoms with Gasteiger partial charge >= 0.3 is 6.03 Å². The number of aryl methyl sites for hydroxylation is 1. The van der Waals surface area contributed by atoms with E-state index in [2.05, 4.69) is 35.3 Å². The van der Waals surface area contributed by atoms with Gasteiger partial charge in [-0.2, -0.15) is 0 Å². The molecule has 0 saturated carbocycles. The predicted molar refractivity (Wildman–Crippen MR) is 153 cm³/mol. The lowest BCUT2D eigenvalue weighted by Gasteiger charge is -2.40. The number of rotatable bonds is 5. The first kappa shape index (κ1) is 25.1. The van der Waals surface area contributed by atoms with E-state index in [-0.39, 0.29) is 17.3 Å². The van der Waals surface area contributed by atoms with E-state index in [1.54, 1.807) is 12.1 Å². The summed E-state index contributed by atoms with van der Waals surface area (Å²) < 4.78 is 19.6. The number of benzene rings is 4. The average molecular weight is 522 g/mol. The molecule has 1 spiro atoms. The largest absolute Gasteiger partial charge is 0.457 e. The van der Waals surface area contributed by atoms with E-state index in [4.69, 9.17) is 4.74 Å². The van der Waals surface area contributed by atoms with Gasteiger partial charge in [-0.25, -0.2) is 9.18 Å². The second kappa shape index (κ2) is 10.5. The first-order chi connectivity index (χ1) is 19.0. The van der Waals surface area contributed by atoms with Gasteiger partial charge in [0.25, 0.3) is 0 Å². The Labute approximate surface area is 228 Å². The lowest BCUT2D eigenvalue weighted by molar-refractivity contribution is 0.160. The van der Waals surface area contributed by atoms with Crippen molar-refractivity contribution >= 4 is 17.4 Å². The molecule has 2 aliphatic rings. The van der Waals surface area contributed by atoms with E-state index in [1.165, 1.54) is 17.2 Å². The first-order valence-electron chi connectivity index (χ1n) is 13.5. The van der Waals surface area contributed by atoms with Gasteiger partial charge in [-0.3, -0.25) is 9.80 Å². The number of anilines is 2. The van der Waals surface area contributed by atoms with Gasteiger partial charge in [0, 0.05) is 29.9 Å². The fraction of sp³-hybridized carbons (Fsp3) is 0.242. The van der Waals surface area contributed by atoms with Crippen LogP contribution in [0.3, 0.4) is 0 Å². The van der Waals surface area contributed by atoms with Crippen LogP contribution in [0.1, 0.15) is 29.5 Å². The molecule has 1 N–H and O–H groups in total. The fourth-order valence-corrected chi connectivity index (χ4v) is 5.85. The molecule has 39 heavy (non-hydrogen) atoms. The summed E-state index contributed by atoms with van der Waals surface area (Å²) in [5.74, 6) is 1.29. The summed E-state index contributed by atoms with van der Waals surface area (Å²) >= 11 is 0. The molecule has 0 radical (unpaired) electrons. The van der Waals surface area contributed by atoms with Gasteiger partial charge in [0.1, 0.15) is 17.3 Å². The zero-order chi connectivity index (χ0) is 26.8. The van der Waals surface area contributed by atoms with Crippen molar-refractivity contribution in [1.29, 1.82) is 0 Å². The maximum Gasteiger partial charge on any atom is 0.326 e. The van der Waals surface area contributed by atoms with Crippen molar-refractivity contribution in [3.8, 4) is 11.5 Å². The second-order valence-electron chi connectivity index (χ2n) is 10.7. The second-order valence-corrected chi connectivity index (χ2v) is 10.7. The Hall–Kier alpha value is -4.16. The minimum absolute atomic E-state index is 0.0789. The molecule has 0 atom stereocenters. The maximum atomic E-state index is 13.7. The van der Waals surface area contributed by atoms with Gasteiger partial charge in [0.15, 0.2) is 0 Å². The highest BCUT2D eigenvalue weighted by atomic mass is 19.1. The standard InChI is InChI=1S/C33H32FN3O2/c1-24-10-15-31-30(20-24)33(16-18-36(19-17-33)22-25-6-5-7-26(34)21-25)23-37(31)32(38)35-27-11-13-29(14-12-27)39-28-8-3-2-4-9-28/h2-15,20-21H,16-19,22-23H2,1H3,(H,35,38). The van der Waals surface area contributed by atoms with Crippen LogP contribution in [0.25, 0.3) is 0 Å². The van der Waals surface area contributed by atoms with E-state index < -0.39 is 0 Å². The minimum atomic E-state index is -0.193. The molecule has 198 valence electrons. The summed E-state index contributed by atoms with van der Waals surface area (Å²) in [6.45, 7) is 5.31. The van der Waals surface area contributed by atoms with E-state index in [0.717, 1.165) is 55.2 Å². The van der Waals surface area contributed by atoms with Crippen LogP contribution in [0.4, 0.5) is 20.6 Å². The smallest absolute Gasteiger partial charge is 0.326 e. The summed E-state index contributed by atoms with van der Waals surface area (Å²) in [5.41, 5.74) is 5.08. The molecular weight excluding hydrogens is 489 g/mol. The fourth-order valence-electron chi connectivity index (χ4n) is 5.85. The van der Waals surface area contributed by atoms with Crippen LogP contribution < -0.4 is 15.0 Å². The first-order valence-corrected chi connectivity index (χ1v) is 13.5. The molecule has 6 rings (SSSR count). The number of carbonyl (C=O) groups is 1. The van der Waals surface area contributed by atoms with Gasteiger partial charge in [-0.1, -0.05) is 48.0 Å². The van der Waals surface area contributed by atoms with Crippen molar-refractivity contribution in [3.63, 3.8) is 0 Å². The van der Waals surface area contributed by atoms with Crippen LogP contribution in [0.5, 0.6) is 11.5 Å². The van der Waals surface area contributed by atoms with Crippen LogP contribution in [0.15, 0.2) is 97.1 Å². The number of urea groups is 1. The van der Waals surface area contributed by atoms with E-state index >= 15 is 0 Å². The Bertz CT molecular complexity index is 1460. The lowest BCUT2D eigenvalue weighted by atomic mass is 9.74. The van der Waals surface area contributed by atoms with Crippen LogP contribution in [-0.4, -0.2) is 30.6 Å². The van der Waals surface area contributed by atoms with Crippen molar-refractivity contribution in [2.45, 2.75) is 31.7 Å². The third-order valence-corrected chi connectivity index (χ3v) is 7.91. The minimum Gasteiger partial charge on any atom is -0.457 e. The number of piperidine rings is 1. The Morgan fingerprint density at radius 2 is 1.64 bits per heavy atom. The van der Waals surface area contributed by atoms with Crippen LogP contribution in [0.2, 0.25) is 0 Å². The third kappa shape index (κ3) is 5.38. The number of nitrogens with zero attached hydrogens (tertiary/aromatic N) is 2. The van der Waals surface area contributed by atoms with Crippen LogP contribution in [-0.2, 0) is 12.0 Å². The molecular formula is C33H32FN3O2. The van der Waals surface area contributed by atoms with E-state index in [1.807, 2.05) is 65.6 Å². The number of hydrogen-bond acceptors (Lipinski definition) is 3. The molecule has 2 heterocycles. The monoisotopic (exact) mass is 521 g/mol. The number of halogens is 1. The molecule has 2 aliphatic heterocycles. The number of ether oxygens (including phenoxy) is 1. The Morgan fingerprint density at radius 3 is 2.38 bits per heavy atom. The normalized spacial score (nSPS) is 16.2. The third-order valence-electron chi connectivity index (χ3n) is 7.91. The Balaban J connectivity index is 1.14. The number of amides is 2.